The molecule has 46 heavy (non-hydrogen) atoms. The van der Waals surface area contributed by atoms with Crippen LogP contribution in [0, 0.1) is 17.8 Å². The van der Waals surface area contributed by atoms with Gasteiger partial charge >= 0.3 is 5.97 Å². The number of hydrogen-bond acceptors (Lipinski definition) is 10. The molecule has 10 nitrogen and oxygen atoms in total. The van der Waals surface area contributed by atoms with E-state index < -0.39 is 66.5 Å². The zero-order valence-corrected chi connectivity index (χ0v) is 25.7. The van der Waals surface area contributed by atoms with E-state index in [4.69, 9.17) is 23.7 Å². The topological polar surface area (TPSA) is 144 Å². The van der Waals surface area contributed by atoms with Crippen LogP contribution >= 0.6 is 0 Å². The lowest BCUT2D eigenvalue weighted by Gasteiger charge is -2.44. The predicted molar refractivity (Wildman–Crippen MR) is 165 cm³/mol. The molecule has 3 aromatic carbocycles. The minimum absolute atomic E-state index is 0.192. The standard InChI is InChI=1S/C36H40O10/c1-21-27(37)18-25-26(33(41)42-2)19-43-34(29(21)25)46-35-32(40)31(39)30(38)28(45-35)20-44-36(22-12-6-3-7-13-22,23-14-8-4-9-15-23)24-16-10-5-11-17-24/h3-17,19,21,25,27-32,34-35,37-40H,18,20H2,1-2H3/t21-,25+,27-,28+,29+,30+,31-,32+,34-,35-/m0/s1. The molecule has 3 aromatic rings. The Kier molecular flexibility index (Phi) is 9.58. The number of carbonyl (C=O) groups is 1. The van der Waals surface area contributed by atoms with Crippen molar-refractivity contribution in [2.24, 2.45) is 17.8 Å². The lowest BCUT2D eigenvalue weighted by molar-refractivity contribution is -0.345. The molecule has 2 aliphatic heterocycles. The van der Waals surface area contributed by atoms with Crippen molar-refractivity contribution >= 4 is 5.97 Å². The van der Waals surface area contributed by atoms with E-state index in [1.807, 2.05) is 97.9 Å². The van der Waals surface area contributed by atoms with Crippen LogP contribution < -0.4 is 0 Å². The van der Waals surface area contributed by atoms with Crippen LogP contribution in [0.4, 0.5) is 0 Å². The van der Waals surface area contributed by atoms with Crippen LogP contribution in [0.15, 0.2) is 103 Å². The van der Waals surface area contributed by atoms with Gasteiger partial charge in [-0.05, 0) is 29.0 Å². The Morgan fingerprint density at radius 1 is 0.804 bits per heavy atom. The van der Waals surface area contributed by atoms with Crippen molar-refractivity contribution in [2.45, 2.75) is 62.0 Å². The molecule has 1 aliphatic carbocycles. The highest BCUT2D eigenvalue weighted by Crippen LogP contribution is 2.48. The quantitative estimate of drug-likeness (QED) is 0.205. The summed E-state index contributed by atoms with van der Waals surface area (Å²) in [7, 11) is 1.28. The van der Waals surface area contributed by atoms with Gasteiger partial charge in [0.2, 0.25) is 6.29 Å². The fraction of sp³-hybridized carbons (Fsp3) is 0.417. The third-order valence-corrected chi connectivity index (χ3v) is 9.58. The molecule has 2 heterocycles. The normalized spacial score (nSPS) is 32.6. The Labute approximate surface area is 267 Å². The molecule has 0 radical (unpaired) electrons. The monoisotopic (exact) mass is 632 g/mol. The molecule has 6 rings (SSSR count). The van der Waals surface area contributed by atoms with Crippen LogP contribution in [-0.4, -0.2) is 83.2 Å². The second kappa shape index (κ2) is 13.6. The average Bonchev–Trinajstić information content (AvgIpc) is 3.40. The van der Waals surface area contributed by atoms with E-state index in [9.17, 15) is 25.2 Å². The maximum absolute atomic E-state index is 12.4. The summed E-state index contributed by atoms with van der Waals surface area (Å²) >= 11 is 0. The van der Waals surface area contributed by atoms with Crippen molar-refractivity contribution in [2.75, 3.05) is 13.7 Å². The molecule has 1 saturated heterocycles. The Morgan fingerprint density at radius 2 is 1.35 bits per heavy atom. The van der Waals surface area contributed by atoms with Gasteiger partial charge in [0.15, 0.2) is 6.29 Å². The largest absolute Gasteiger partial charge is 0.472 e. The number of fused-ring (bicyclic) bond motifs is 1. The fourth-order valence-corrected chi connectivity index (χ4v) is 7.06. The van der Waals surface area contributed by atoms with Crippen molar-refractivity contribution in [3.63, 3.8) is 0 Å². The second-order valence-corrected chi connectivity index (χ2v) is 12.2. The Hall–Kier alpha value is -3.61. The predicted octanol–water partition coefficient (Wildman–Crippen LogP) is 2.87. The number of aliphatic hydroxyl groups is 4. The Morgan fingerprint density at radius 3 is 1.87 bits per heavy atom. The van der Waals surface area contributed by atoms with E-state index in [-0.39, 0.29) is 12.5 Å². The van der Waals surface area contributed by atoms with Crippen molar-refractivity contribution in [3.05, 3.63) is 120 Å². The minimum atomic E-state index is -1.63. The number of rotatable bonds is 9. The van der Waals surface area contributed by atoms with E-state index in [0.717, 1.165) is 16.7 Å². The van der Waals surface area contributed by atoms with Crippen molar-refractivity contribution in [3.8, 4) is 0 Å². The Bertz CT molecular complexity index is 1390. The molecule has 0 aromatic heterocycles. The van der Waals surface area contributed by atoms with Crippen LogP contribution in [0.3, 0.4) is 0 Å². The summed E-state index contributed by atoms with van der Waals surface area (Å²) in [5.41, 5.74) is 1.70. The number of carbonyl (C=O) groups excluding carboxylic acids is 1. The smallest absolute Gasteiger partial charge is 0.337 e. The van der Waals surface area contributed by atoms with Gasteiger partial charge in [-0.1, -0.05) is 97.9 Å². The number of methoxy groups -OCH3 is 1. The molecule has 0 bridgehead atoms. The van der Waals surface area contributed by atoms with Gasteiger partial charge in [-0.2, -0.15) is 0 Å². The van der Waals surface area contributed by atoms with Crippen LogP contribution in [0.5, 0.6) is 0 Å². The lowest BCUT2D eigenvalue weighted by atomic mass is 9.80. The Balaban J connectivity index is 1.29. The maximum Gasteiger partial charge on any atom is 0.337 e. The second-order valence-electron chi connectivity index (χ2n) is 12.2. The zero-order chi connectivity index (χ0) is 32.4. The van der Waals surface area contributed by atoms with Crippen LogP contribution in [0.1, 0.15) is 30.0 Å². The highest BCUT2D eigenvalue weighted by molar-refractivity contribution is 5.89. The molecular formula is C36H40O10. The third-order valence-electron chi connectivity index (χ3n) is 9.58. The van der Waals surface area contributed by atoms with Crippen LogP contribution in [0.2, 0.25) is 0 Å². The number of esters is 1. The summed E-state index contributed by atoms with van der Waals surface area (Å²) < 4.78 is 29.8. The lowest BCUT2D eigenvalue weighted by Crippen LogP contribution is -2.61. The molecule has 10 atom stereocenters. The van der Waals surface area contributed by atoms with Gasteiger partial charge in [-0.15, -0.1) is 0 Å². The van der Waals surface area contributed by atoms with Gasteiger partial charge in [-0.25, -0.2) is 4.79 Å². The van der Waals surface area contributed by atoms with Gasteiger partial charge in [0, 0.05) is 11.8 Å². The first-order valence-electron chi connectivity index (χ1n) is 15.5. The molecule has 4 N–H and O–H groups in total. The number of hydrogen-bond donors (Lipinski definition) is 4. The van der Waals surface area contributed by atoms with Crippen LogP contribution in [-0.2, 0) is 34.1 Å². The molecule has 244 valence electrons. The van der Waals surface area contributed by atoms with E-state index in [1.165, 1.54) is 13.4 Å². The summed E-state index contributed by atoms with van der Waals surface area (Å²) in [6, 6.07) is 29.1. The van der Waals surface area contributed by atoms with Crippen LogP contribution in [0.25, 0.3) is 0 Å². The SMILES string of the molecule is COC(=O)C1=CO[C@@H](O[C@@H]2O[C@H](COC(c3ccccc3)(c3ccccc3)c3ccccc3)[C@@H](O)[C@H](O)[C@H]2O)[C@@H]2[C@@H](C)[C@@H](O)C[C@H]12. The van der Waals surface area contributed by atoms with E-state index in [2.05, 4.69) is 0 Å². The summed E-state index contributed by atoms with van der Waals surface area (Å²) in [4.78, 5) is 12.4. The van der Waals surface area contributed by atoms with E-state index >= 15 is 0 Å². The summed E-state index contributed by atoms with van der Waals surface area (Å²) in [5, 5.41) is 43.7. The van der Waals surface area contributed by atoms with E-state index in [0.29, 0.717) is 12.0 Å². The molecule has 2 fully saturated rings. The number of benzene rings is 3. The molecule has 0 amide bonds. The number of ether oxygens (including phenoxy) is 5. The highest BCUT2D eigenvalue weighted by atomic mass is 16.8. The van der Waals surface area contributed by atoms with Crippen molar-refractivity contribution in [1.29, 1.82) is 0 Å². The molecular weight excluding hydrogens is 592 g/mol. The first-order valence-corrected chi connectivity index (χ1v) is 15.5. The highest BCUT2D eigenvalue weighted by Gasteiger charge is 2.54. The molecule has 1 saturated carbocycles. The van der Waals surface area contributed by atoms with Gasteiger partial charge in [-0.3, -0.25) is 0 Å². The summed E-state index contributed by atoms with van der Waals surface area (Å²) in [6.45, 7) is 1.64. The molecule has 0 spiro atoms. The summed E-state index contributed by atoms with van der Waals surface area (Å²) in [6.07, 6.45) is -7.47. The molecule has 10 heteroatoms. The molecule has 0 unspecified atom stereocenters. The van der Waals surface area contributed by atoms with Gasteiger partial charge in [0.05, 0.1) is 31.7 Å². The summed E-state index contributed by atoms with van der Waals surface area (Å²) in [5.74, 6) is -1.75. The minimum Gasteiger partial charge on any atom is -0.472 e. The van der Waals surface area contributed by atoms with Crippen molar-refractivity contribution < 1.29 is 48.9 Å². The first-order chi connectivity index (χ1) is 22.3. The van der Waals surface area contributed by atoms with Gasteiger partial charge < -0.3 is 44.1 Å². The molecule has 3 aliphatic rings. The number of aliphatic hydroxyl groups excluding tert-OH is 4. The zero-order valence-electron chi connectivity index (χ0n) is 25.7. The first kappa shape index (κ1) is 32.3. The van der Waals surface area contributed by atoms with E-state index in [1.54, 1.807) is 0 Å². The fourth-order valence-electron chi connectivity index (χ4n) is 7.06. The third kappa shape index (κ3) is 5.86. The van der Waals surface area contributed by atoms with Gasteiger partial charge in [0.1, 0.15) is 30.0 Å². The maximum atomic E-state index is 12.4. The average molecular weight is 633 g/mol. The van der Waals surface area contributed by atoms with Crippen molar-refractivity contribution in [1.82, 2.24) is 0 Å². The van der Waals surface area contributed by atoms with Gasteiger partial charge in [0.25, 0.3) is 0 Å².